The molecule has 0 fully saturated rings. The zero-order valence-corrected chi connectivity index (χ0v) is 14.3. The number of nitrogens with one attached hydrogen (secondary N) is 3. The topological polar surface area (TPSA) is 82.7 Å². The van der Waals surface area contributed by atoms with Gasteiger partial charge in [-0.15, -0.1) is 12.4 Å². The Balaban J connectivity index is 0.00000169. The third-order valence-electron chi connectivity index (χ3n) is 3.94. The first-order chi connectivity index (χ1) is 11.1. The van der Waals surface area contributed by atoms with Gasteiger partial charge >= 0.3 is 0 Å². The molecule has 0 saturated heterocycles. The molecule has 0 atom stereocenters. The highest BCUT2D eigenvalue weighted by atomic mass is 35.5. The highest BCUT2D eigenvalue weighted by Gasteiger charge is 2.30. The number of sulfonamides is 1. The van der Waals surface area contributed by atoms with Gasteiger partial charge in [0.25, 0.3) is 10.0 Å². The standard InChI is InChI=1S/C15H16N4O3S.ClH/c20-23(21,15-2-1-7-19-14(15)10-17-22-19)18-13-4-3-12-9-16-6-5-11(12)8-13;/h1-4,7-8,10,16-18H,5-6,9H2;1H. The Morgan fingerprint density at radius 1 is 1.25 bits per heavy atom. The Hall–Kier alpha value is -2.00. The third kappa shape index (κ3) is 3.01. The second-order valence-corrected chi connectivity index (χ2v) is 7.10. The average Bonchev–Trinajstić information content (AvgIpc) is 3.02. The molecule has 1 aromatic rings. The molecule has 0 amide bonds. The van der Waals surface area contributed by atoms with Crippen LogP contribution in [0.3, 0.4) is 0 Å². The summed E-state index contributed by atoms with van der Waals surface area (Å²) >= 11 is 0. The lowest BCUT2D eigenvalue weighted by atomic mass is 10.0. The van der Waals surface area contributed by atoms with Gasteiger partial charge in [0.1, 0.15) is 10.6 Å². The smallest absolute Gasteiger partial charge is 0.264 e. The van der Waals surface area contributed by atoms with Gasteiger partial charge in [0.05, 0.1) is 6.20 Å². The zero-order valence-electron chi connectivity index (χ0n) is 12.7. The molecule has 0 bridgehead atoms. The summed E-state index contributed by atoms with van der Waals surface area (Å²) < 4.78 is 28.0. The predicted octanol–water partition coefficient (Wildman–Crippen LogP) is 1.50. The number of hydrogen-bond acceptors (Lipinski definition) is 6. The average molecular weight is 369 g/mol. The minimum absolute atomic E-state index is 0. The molecule has 4 rings (SSSR count). The number of hydrogen-bond donors (Lipinski definition) is 3. The second-order valence-electron chi connectivity index (χ2n) is 5.45. The van der Waals surface area contributed by atoms with E-state index in [1.807, 2.05) is 12.1 Å². The molecule has 0 unspecified atom stereocenters. The van der Waals surface area contributed by atoms with E-state index in [-0.39, 0.29) is 17.3 Å². The van der Waals surface area contributed by atoms with Crippen LogP contribution < -0.4 is 15.5 Å². The van der Waals surface area contributed by atoms with Crippen LogP contribution in [0.2, 0.25) is 0 Å². The fourth-order valence-corrected chi connectivity index (χ4v) is 4.04. The Kier molecular flexibility index (Phi) is 4.55. The molecule has 0 saturated carbocycles. The van der Waals surface area contributed by atoms with Crippen molar-refractivity contribution in [3.8, 4) is 0 Å². The van der Waals surface area contributed by atoms with Gasteiger partial charge in [-0.25, -0.2) is 19.0 Å². The van der Waals surface area contributed by atoms with Crippen LogP contribution in [-0.4, -0.2) is 20.0 Å². The second kappa shape index (κ2) is 6.48. The fourth-order valence-electron chi connectivity index (χ4n) is 2.81. The van der Waals surface area contributed by atoms with Gasteiger partial charge in [-0.2, -0.15) is 4.94 Å². The number of hydroxylamine groups is 3. The molecule has 9 heteroatoms. The van der Waals surface area contributed by atoms with E-state index in [2.05, 4.69) is 15.5 Å². The van der Waals surface area contributed by atoms with Gasteiger partial charge in [0.2, 0.25) is 0 Å². The zero-order chi connectivity index (χ0) is 15.9. The minimum atomic E-state index is -3.70. The van der Waals surface area contributed by atoms with Gasteiger partial charge in [-0.05, 0) is 48.4 Å². The number of anilines is 1. The van der Waals surface area contributed by atoms with Crippen LogP contribution in [0, 0.1) is 0 Å². The van der Waals surface area contributed by atoms with Crippen LogP contribution in [0.25, 0.3) is 0 Å². The molecular weight excluding hydrogens is 352 g/mol. The molecule has 0 spiro atoms. The number of fused-ring (bicyclic) bond motifs is 2. The molecule has 0 aliphatic carbocycles. The van der Waals surface area contributed by atoms with Crippen LogP contribution >= 0.6 is 12.4 Å². The summed E-state index contributed by atoms with van der Waals surface area (Å²) in [6.07, 6.45) is 7.21. The molecule has 3 aliphatic rings. The van der Waals surface area contributed by atoms with E-state index >= 15 is 0 Å². The van der Waals surface area contributed by atoms with E-state index < -0.39 is 10.0 Å². The van der Waals surface area contributed by atoms with E-state index in [0.717, 1.165) is 19.5 Å². The maximum Gasteiger partial charge on any atom is 0.264 e. The Bertz CT molecular complexity index is 848. The van der Waals surface area contributed by atoms with Gasteiger partial charge in [-0.1, -0.05) is 6.07 Å². The summed E-state index contributed by atoms with van der Waals surface area (Å²) in [7, 11) is -3.70. The van der Waals surface area contributed by atoms with Crippen molar-refractivity contribution in [2.24, 2.45) is 0 Å². The highest BCUT2D eigenvalue weighted by molar-refractivity contribution is 7.96. The van der Waals surface area contributed by atoms with E-state index in [1.165, 1.54) is 22.4 Å². The quantitative estimate of drug-likeness (QED) is 0.750. The van der Waals surface area contributed by atoms with Gasteiger partial charge in [-0.3, -0.25) is 4.72 Å². The van der Waals surface area contributed by atoms with E-state index in [4.69, 9.17) is 4.94 Å². The number of nitrogens with zero attached hydrogens (tertiary/aromatic N) is 1. The molecule has 7 nitrogen and oxygen atoms in total. The first kappa shape index (κ1) is 16.8. The lowest BCUT2D eigenvalue weighted by Gasteiger charge is -2.21. The van der Waals surface area contributed by atoms with Gasteiger partial charge in [0, 0.05) is 18.4 Å². The van der Waals surface area contributed by atoms with Crippen LogP contribution in [0.5, 0.6) is 0 Å². The monoisotopic (exact) mass is 368 g/mol. The molecule has 3 heterocycles. The summed E-state index contributed by atoms with van der Waals surface area (Å²) in [5, 5.41) is 4.66. The maximum absolute atomic E-state index is 12.7. The number of rotatable bonds is 3. The van der Waals surface area contributed by atoms with Crippen molar-refractivity contribution in [2.45, 2.75) is 13.0 Å². The molecular formula is C15H17ClN4O3S. The third-order valence-corrected chi connectivity index (χ3v) is 5.37. The van der Waals surface area contributed by atoms with E-state index in [0.29, 0.717) is 11.4 Å². The van der Waals surface area contributed by atoms with Crippen molar-refractivity contribution in [1.29, 1.82) is 0 Å². The Morgan fingerprint density at radius 2 is 2.12 bits per heavy atom. The highest BCUT2D eigenvalue weighted by Crippen LogP contribution is 2.29. The van der Waals surface area contributed by atoms with E-state index in [9.17, 15) is 8.42 Å². The molecule has 0 radical (unpaired) electrons. The molecule has 0 aromatic heterocycles. The summed E-state index contributed by atoms with van der Waals surface area (Å²) in [4.78, 5) is 5.23. The minimum Gasteiger partial charge on any atom is -0.312 e. The normalized spacial score (nSPS) is 18.6. The lowest BCUT2D eigenvalue weighted by molar-refractivity contribution is -0.112. The van der Waals surface area contributed by atoms with Crippen molar-refractivity contribution in [1.82, 2.24) is 15.9 Å². The molecule has 1 aromatic carbocycles. The molecule has 24 heavy (non-hydrogen) atoms. The van der Waals surface area contributed by atoms with Crippen LogP contribution in [0.4, 0.5) is 5.69 Å². The van der Waals surface area contributed by atoms with Crippen molar-refractivity contribution >= 4 is 28.1 Å². The van der Waals surface area contributed by atoms with Crippen LogP contribution in [0.1, 0.15) is 11.1 Å². The number of halogens is 1. The Labute approximate surface area is 146 Å². The Morgan fingerprint density at radius 3 is 3.00 bits per heavy atom. The maximum atomic E-state index is 12.7. The van der Waals surface area contributed by atoms with Crippen molar-refractivity contribution < 1.29 is 13.4 Å². The van der Waals surface area contributed by atoms with Crippen molar-refractivity contribution in [3.63, 3.8) is 0 Å². The summed E-state index contributed by atoms with van der Waals surface area (Å²) in [5.41, 5.74) is 5.94. The number of benzene rings is 1. The van der Waals surface area contributed by atoms with E-state index in [1.54, 1.807) is 24.4 Å². The van der Waals surface area contributed by atoms with Gasteiger partial charge in [0.15, 0.2) is 0 Å². The van der Waals surface area contributed by atoms with Crippen LogP contribution in [0.15, 0.2) is 53.4 Å². The van der Waals surface area contributed by atoms with Crippen molar-refractivity contribution in [2.75, 3.05) is 11.3 Å². The molecule has 128 valence electrons. The predicted molar refractivity (Wildman–Crippen MR) is 93.0 cm³/mol. The van der Waals surface area contributed by atoms with Gasteiger partial charge < -0.3 is 5.32 Å². The van der Waals surface area contributed by atoms with Crippen molar-refractivity contribution in [3.05, 3.63) is 64.5 Å². The largest absolute Gasteiger partial charge is 0.312 e. The first-order valence-corrected chi connectivity index (χ1v) is 8.78. The summed E-state index contributed by atoms with van der Waals surface area (Å²) in [6.45, 7) is 1.73. The van der Waals surface area contributed by atoms with Crippen LogP contribution in [-0.2, 0) is 27.9 Å². The SMILES string of the molecule is Cl.O=S(=O)(Nc1ccc2c(c1)CCNC2)C1=CC=CN2ONC=C12. The number of allylic oxidation sites excluding steroid dienone is 2. The first-order valence-electron chi connectivity index (χ1n) is 7.30. The summed E-state index contributed by atoms with van der Waals surface area (Å²) in [6, 6.07) is 5.65. The lowest BCUT2D eigenvalue weighted by Crippen LogP contribution is -2.25. The molecule has 3 aliphatic heterocycles. The molecule has 3 N–H and O–H groups in total. The summed E-state index contributed by atoms with van der Waals surface area (Å²) in [5.74, 6) is 0. The fraction of sp³-hybridized carbons (Fsp3) is 0.200.